The molecule has 8 nitrogen and oxygen atoms in total. The number of hydrogen-bond acceptors (Lipinski definition) is 4. The monoisotopic (exact) mass is 497 g/mol. The summed E-state index contributed by atoms with van der Waals surface area (Å²) in [6.07, 6.45) is -2.17. The predicted octanol–water partition coefficient (Wildman–Crippen LogP) is 2.79. The van der Waals surface area contributed by atoms with Gasteiger partial charge in [0.2, 0.25) is 11.8 Å². The molecule has 0 radical (unpaired) electrons. The average Bonchev–Trinajstić information content (AvgIpc) is 3.58. The van der Waals surface area contributed by atoms with Crippen LogP contribution in [0.15, 0.2) is 12.1 Å². The number of piperidine rings is 1. The average molecular weight is 498 g/mol. The molecule has 2 aromatic heterocycles. The first kappa shape index (κ1) is 22.9. The Morgan fingerprint density at radius 2 is 1.82 bits per heavy atom. The fourth-order valence-electron chi connectivity index (χ4n) is 4.72. The molecule has 0 N–H and O–H groups in total. The first-order chi connectivity index (χ1) is 16.0. The molecular formula is C22H23ClF3N5O3. The van der Waals surface area contributed by atoms with Crippen molar-refractivity contribution in [3.8, 4) is 0 Å². The van der Waals surface area contributed by atoms with E-state index in [-0.39, 0.29) is 66.1 Å². The van der Waals surface area contributed by atoms with E-state index in [0.29, 0.717) is 23.0 Å². The maximum atomic E-state index is 13.7. The zero-order valence-corrected chi connectivity index (χ0v) is 19.2. The second-order valence-corrected chi connectivity index (χ2v) is 9.56. The van der Waals surface area contributed by atoms with Crippen LogP contribution in [0.1, 0.15) is 53.3 Å². The van der Waals surface area contributed by atoms with E-state index in [0.717, 1.165) is 18.9 Å². The van der Waals surface area contributed by atoms with Crippen molar-refractivity contribution in [1.82, 2.24) is 24.3 Å². The van der Waals surface area contributed by atoms with Crippen LogP contribution in [0.25, 0.3) is 5.52 Å². The van der Waals surface area contributed by atoms with Crippen molar-refractivity contribution < 1.29 is 27.6 Å². The van der Waals surface area contributed by atoms with Gasteiger partial charge in [0, 0.05) is 39.1 Å². The molecule has 1 saturated carbocycles. The number of fused-ring (bicyclic) bond motifs is 1. The molecule has 1 atom stereocenters. The van der Waals surface area contributed by atoms with Gasteiger partial charge >= 0.3 is 6.18 Å². The number of hydrogen-bond donors (Lipinski definition) is 0. The molecule has 3 aliphatic rings. The minimum Gasteiger partial charge on any atom is -0.346 e. The van der Waals surface area contributed by atoms with Crippen LogP contribution >= 0.6 is 11.6 Å². The van der Waals surface area contributed by atoms with Gasteiger partial charge in [0.15, 0.2) is 5.69 Å². The van der Waals surface area contributed by atoms with Gasteiger partial charge in [0.05, 0.1) is 10.5 Å². The van der Waals surface area contributed by atoms with Gasteiger partial charge < -0.3 is 14.7 Å². The molecule has 0 aromatic carbocycles. The molecule has 2 saturated heterocycles. The molecule has 182 valence electrons. The number of amides is 3. The number of rotatable bonds is 3. The number of alkyl halides is 3. The lowest BCUT2D eigenvalue weighted by molar-refractivity contribution is -0.143. The lowest BCUT2D eigenvalue weighted by Crippen LogP contribution is -2.57. The molecule has 0 spiro atoms. The van der Waals surface area contributed by atoms with Gasteiger partial charge in [-0.15, -0.1) is 0 Å². The molecule has 0 bridgehead atoms. The van der Waals surface area contributed by atoms with Crippen LogP contribution in [-0.2, 0) is 15.8 Å². The van der Waals surface area contributed by atoms with Crippen molar-refractivity contribution in [2.75, 3.05) is 33.2 Å². The summed E-state index contributed by atoms with van der Waals surface area (Å²) in [4.78, 5) is 42.5. The summed E-state index contributed by atoms with van der Waals surface area (Å²) >= 11 is 6.37. The second kappa shape index (κ2) is 8.14. The third-order valence-corrected chi connectivity index (χ3v) is 7.23. The molecular weight excluding hydrogens is 475 g/mol. The number of carbonyl (C=O) groups excluding carboxylic acids is 3. The standard InChI is InChI=1S/C22H23ClF3N5O3/c1-28-5-4-14(10-17(28)32)30-7-6-29(11-18(30)33)21(34)20-19(23)15-8-13(12-2-3-12)9-16(22(24,25)26)31(15)27-20/h8-9,12,14H,2-7,10-11H2,1H3. The number of piperazine rings is 1. The van der Waals surface area contributed by atoms with Crippen molar-refractivity contribution in [2.45, 2.75) is 43.8 Å². The van der Waals surface area contributed by atoms with Crippen LogP contribution in [-0.4, -0.2) is 81.3 Å². The van der Waals surface area contributed by atoms with Crippen LogP contribution in [0.4, 0.5) is 13.2 Å². The summed E-state index contributed by atoms with van der Waals surface area (Å²) in [5, 5.41) is 3.77. The summed E-state index contributed by atoms with van der Waals surface area (Å²) in [7, 11) is 1.72. The Morgan fingerprint density at radius 3 is 2.44 bits per heavy atom. The normalized spacial score (nSPS) is 22.1. The highest BCUT2D eigenvalue weighted by Gasteiger charge is 2.39. The topological polar surface area (TPSA) is 78.2 Å². The Balaban J connectivity index is 1.39. The number of nitrogens with zero attached hydrogens (tertiary/aromatic N) is 5. The first-order valence-corrected chi connectivity index (χ1v) is 11.5. The van der Waals surface area contributed by atoms with E-state index in [4.69, 9.17) is 11.6 Å². The lowest BCUT2D eigenvalue weighted by atomic mass is 10.0. The summed E-state index contributed by atoms with van der Waals surface area (Å²) in [5.74, 6) is -0.991. The number of halogens is 4. The van der Waals surface area contributed by atoms with E-state index < -0.39 is 17.8 Å². The Labute approximate surface area is 198 Å². The maximum absolute atomic E-state index is 13.7. The molecule has 12 heteroatoms. The van der Waals surface area contributed by atoms with Gasteiger partial charge in [-0.2, -0.15) is 18.3 Å². The van der Waals surface area contributed by atoms with Crippen molar-refractivity contribution in [3.05, 3.63) is 34.1 Å². The summed E-state index contributed by atoms with van der Waals surface area (Å²) in [6.45, 7) is 0.714. The van der Waals surface area contributed by atoms with Gasteiger partial charge in [-0.05, 0) is 42.9 Å². The van der Waals surface area contributed by atoms with Gasteiger partial charge in [0.1, 0.15) is 12.2 Å². The summed E-state index contributed by atoms with van der Waals surface area (Å²) in [5.41, 5.74) is -0.745. The van der Waals surface area contributed by atoms with E-state index in [2.05, 4.69) is 5.10 Å². The molecule has 1 unspecified atom stereocenters. The quantitative estimate of drug-likeness (QED) is 0.653. The van der Waals surface area contributed by atoms with E-state index >= 15 is 0 Å². The van der Waals surface area contributed by atoms with E-state index in [1.165, 1.54) is 4.90 Å². The second-order valence-electron chi connectivity index (χ2n) is 9.18. The smallest absolute Gasteiger partial charge is 0.346 e. The Morgan fingerprint density at radius 1 is 1.09 bits per heavy atom. The predicted molar refractivity (Wildman–Crippen MR) is 115 cm³/mol. The highest BCUT2D eigenvalue weighted by molar-refractivity contribution is 6.36. The molecule has 34 heavy (non-hydrogen) atoms. The van der Waals surface area contributed by atoms with Crippen LogP contribution < -0.4 is 0 Å². The van der Waals surface area contributed by atoms with Gasteiger partial charge in [-0.3, -0.25) is 14.4 Å². The molecule has 3 fully saturated rings. The third-order valence-electron chi connectivity index (χ3n) is 6.86. The zero-order chi connectivity index (χ0) is 24.4. The Hall–Kier alpha value is -2.82. The summed E-state index contributed by atoms with van der Waals surface area (Å²) < 4.78 is 41.8. The number of aromatic nitrogens is 2. The number of likely N-dealkylation sites (tertiary alicyclic amines) is 1. The molecule has 4 heterocycles. The van der Waals surface area contributed by atoms with Gasteiger partial charge in [-0.1, -0.05) is 11.6 Å². The zero-order valence-electron chi connectivity index (χ0n) is 18.4. The highest BCUT2D eigenvalue weighted by atomic mass is 35.5. The lowest BCUT2D eigenvalue weighted by Gasteiger charge is -2.41. The number of carbonyl (C=O) groups is 3. The van der Waals surface area contributed by atoms with Crippen molar-refractivity contribution >= 4 is 34.8 Å². The fraction of sp³-hybridized carbons (Fsp3) is 0.545. The first-order valence-electron chi connectivity index (χ1n) is 11.2. The molecule has 3 amide bonds. The van der Waals surface area contributed by atoms with Crippen LogP contribution in [0, 0.1) is 0 Å². The minimum absolute atomic E-state index is 0.0246. The Bertz CT molecular complexity index is 1190. The van der Waals surface area contributed by atoms with E-state index in [9.17, 15) is 27.6 Å². The van der Waals surface area contributed by atoms with Gasteiger partial charge in [0.25, 0.3) is 5.91 Å². The molecule has 2 aromatic rings. The largest absolute Gasteiger partial charge is 0.433 e. The molecule has 5 rings (SSSR count). The van der Waals surface area contributed by atoms with Crippen molar-refractivity contribution in [2.24, 2.45) is 0 Å². The SMILES string of the molecule is CN1CCC(N2CCN(C(=O)c3nn4c(C(F)(F)F)cc(C5CC5)cc4c3Cl)CC2=O)CC1=O. The van der Waals surface area contributed by atoms with Crippen LogP contribution in [0.2, 0.25) is 5.02 Å². The minimum atomic E-state index is -4.67. The summed E-state index contributed by atoms with van der Waals surface area (Å²) in [6, 6.07) is 2.40. The highest BCUT2D eigenvalue weighted by Crippen LogP contribution is 2.43. The third kappa shape index (κ3) is 3.99. The maximum Gasteiger partial charge on any atom is 0.433 e. The van der Waals surface area contributed by atoms with E-state index in [1.807, 2.05) is 0 Å². The molecule has 1 aliphatic carbocycles. The van der Waals surface area contributed by atoms with E-state index in [1.54, 1.807) is 22.9 Å². The van der Waals surface area contributed by atoms with Crippen LogP contribution in [0.5, 0.6) is 0 Å². The number of pyridine rings is 1. The molecule has 2 aliphatic heterocycles. The fourth-order valence-corrected chi connectivity index (χ4v) is 4.97. The van der Waals surface area contributed by atoms with Crippen molar-refractivity contribution in [1.29, 1.82) is 0 Å². The van der Waals surface area contributed by atoms with Crippen molar-refractivity contribution in [3.63, 3.8) is 0 Å². The Kier molecular flexibility index (Phi) is 5.50. The van der Waals surface area contributed by atoms with Gasteiger partial charge in [-0.25, -0.2) is 4.52 Å². The van der Waals surface area contributed by atoms with Crippen LogP contribution in [0.3, 0.4) is 0 Å².